The van der Waals surface area contributed by atoms with Crippen LogP contribution < -0.4 is 5.32 Å². The molecule has 0 unspecified atom stereocenters. The Hall–Kier alpha value is -1.40. The second kappa shape index (κ2) is 11.5. The van der Waals surface area contributed by atoms with Gasteiger partial charge < -0.3 is 10.2 Å². The number of rotatable bonds is 8. The number of hydrogen-bond acceptors (Lipinski definition) is 3. The number of amides is 2. The van der Waals surface area contributed by atoms with Crippen LogP contribution in [0.15, 0.2) is 42.5 Å². The number of benzene rings is 2. The van der Waals surface area contributed by atoms with E-state index in [-0.39, 0.29) is 24.1 Å². The van der Waals surface area contributed by atoms with Gasteiger partial charge in [-0.15, -0.1) is 11.8 Å². The Morgan fingerprint density at radius 1 is 1.00 bits per heavy atom. The molecule has 2 aromatic rings. The number of hydrogen-bond donors (Lipinski definition) is 1. The van der Waals surface area contributed by atoms with Gasteiger partial charge in [0.1, 0.15) is 6.04 Å². The van der Waals surface area contributed by atoms with Gasteiger partial charge in [-0.1, -0.05) is 59.1 Å². The van der Waals surface area contributed by atoms with Crippen LogP contribution in [0.3, 0.4) is 0 Å². The summed E-state index contributed by atoms with van der Waals surface area (Å²) in [5.41, 5.74) is 1.17. The van der Waals surface area contributed by atoms with Crippen LogP contribution >= 0.6 is 46.6 Å². The Kier molecular flexibility index (Phi) is 9.56. The summed E-state index contributed by atoms with van der Waals surface area (Å²) in [5.74, 6) is 0.294. The first kappa shape index (κ1) is 25.9. The van der Waals surface area contributed by atoms with Crippen molar-refractivity contribution in [2.75, 3.05) is 5.75 Å². The quantitative estimate of drug-likeness (QED) is 0.468. The molecule has 2 aromatic carbocycles. The maximum absolute atomic E-state index is 13.1. The van der Waals surface area contributed by atoms with Crippen LogP contribution in [0.2, 0.25) is 15.1 Å². The lowest BCUT2D eigenvalue weighted by molar-refractivity contribution is -0.139. The van der Waals surface area contributed by atoms with Crippen molar-refractivity contribution in [3.05, 3.63) is 68.7 Å². The van der Waals surface area contributed by atoms with Gasteiger partial charge in [0.2, 0.25) is 11.8 Å². The maximum atomic E-state index is 13.1. The van der Waals surface area contributed by atoms with Gasteiger partial charge in [-0.2, -0.15) is 0 Å². The molecule has 0 spiro atoms. The Bertz CT molecular complexity index is 911. The molecule has 0 fully saturated rings. The van der Waals surface area contributed by atoms with Gasteiger partial charge in [0, 0.05) is 32.9 Å². The SMILES string of the molecule is C[C@H](C(=O)NC(C)(C)C)N(Cc1ccccc1Cl)C(=O)CSCc1c(Cl)cccc1Cl. The first-order chi connectivity index (χ1) is 14.5. The highest BCUT2D eigenvalue weighted by Gasteiger charge is 2.28. The van der Waals surface area contributed by atoms with Crippen molar-refractivity contribution < 1.29 is 9.59 Å². The third-order valence-corrected chi connectivity index (χ3v) is 6.52. The summed E-state index contributed by atoms with van der Waals surface area (Å²) in [6.45, 7) is 7.68. The minimum Gasteiger partial charge on any atom is -0.350 e. The second-order valence-electron chi connectivity index (χ2n) is 8.22. The van der Waals surface area contributed by atoms with E-state index in [9.17, 15) is 9.59 Å². The average molecular weight is 502 g/mol. The molecule has 168 valence electrons. The lowest BCUT2D eigenvalue weighted by Gasteiger charge is -2.31. The van der Waals surface area contributed by atoms with Crippen LogP contribution in [-0.2, 0) is 21.9 Å². The molecule has 2 rings (SSSR count). The molecule has 0 aliphatic heterocycles. The van der Waals surface area contributed by atoms with Crippen LogP contribution in [0, 0.1) is 0 Å². The number of halogens is 3. The van der Waals surface area contributed by atoms with Crippen LogP contribution in [0.5, 0.6) is 0 Å². The molecule has 0 bridgehead atoms. The summed E-state index contributed by atoms with van der Waals surface area (Å²) in [4.78, 5) is 27.5. The zero-order valence-electron chi connectivity index (χ0n) is 18.0. The van der Waals surface area contributed by atoms with Gasteiger partial charge in [0.25, 0.3) is 0 Å². The maximum Gasteiger partial charge on any atom is 0.242 e. The number of thioether (sulfide) groups is 1. The van der Waals surface area contributed by atoms with Crippen molar-refractivity contribution in [3.63, 3.8) is 0 Å². The first-order valence-electron chi connectivity index (χ1n) is 9.85. The van der Waals surface area contributed by atoms with E-state index in [0.717, 1.165) is 11.1 Å². The van der Waals surface area contributed by atoms with E-state index in [1.165, 1.54) is 11.8 Å². The van der Waals surface area contributed by atoms with Gasteiger partial charge in [-0.3, -0.25) is 9.59 Å². The molecule has 0 saturated heterocycles. The number of nitrogens with zero attached hydrogens (tertiary/aromatic N) is 1. The molecule has 1 N–H and O–H groups in total. The van der Waals surface area contributed by atoms with Crippen molar-refractivity contribution >= 4 is 58.4 Å². The number of carbonyl (C=O) groups excluding carboxylic acids is 2. The third-order valence-electron chi connectivity index (χ3n) is 4.50. The summed E-state index contributed by atoms with van der Waals surface area (Å²) in [6.07, 6.45) is 0. The van der Waals surface area contributed by atoms with E-state index in [4.69, 9.17) is 34.8 Å². The standard InChI is InChI=1S/C23H27Cl3N2O2S/c1-15(22(30)27-23(2,3)4)28(12-16-8-5-6-9-18(16)24)21(29)14-31-13-17-19(25)10-7-11-20(17)26/h5-11,15H,12-14H2,1-4H3,(H,27,30)/t15-/m1/s1. The van der Waals surface area contributed by atoms with Crippen molar-refractivity contribution in [1.29, 1.82) is 0 Å². The van der Waals surface area contributed by atoms with Crippen LogP contribution in [0.1, 0.15) is 38.8 Å². The molecule has 8 heteroatoms. The van der Waals surface area contributed by atoms with E-state index in [0.29, 0.717) is 20.8 Å². The lowest BCUT2D eigenvalue weighted by atomic mass is 10.1. The molecular weight excluding hydrogens is 475 g/mol. The van der Waals surface area contributed by atoms with Crippen LogP contribution in [0.4, 0.5) is 0 Å². The molecular formula is C23H27Cl3N2O2S. The minimum atomic E-state index is -0.660. The van der Waals surface area contributed by atoms with Gasteiger partial charge >= 0.3 is 0 Å². The molecule has 0 aliphatic carbocycles. The molecule has 2 amide bonds. The Balaban J connectivity index is 2.15. The molecule has 0 saturated carbocycles. The van der Waals surface area contributed by atoms with E-state index in [2.05, 4.69) is 5.32 Å². The van der Waals surface area contributed by atoms with E-state index < -0.39 is 11.6 Å². The highest BCUT2D eigenvalue weighted by Crippen LogP contribution is 2.28. The second-order valence-corrected chi connectivity index (χ2v) is 10.4. The van der Waals surface area contributed by atoms with Crippen LogP contribution in [0.25, 0.3) is 0 Å². The molecule has 31 heavy (non-hydrogen) atoms. The molecule has 1 atom stereocenters. The zero-order valence-corrected chi connectivity index (χ0v) is 21.1. The molecule has 0 aromatic heterocycles. The Labute approximate surface area is 203 Å². The normalized spacial score (nSPS) is 12.4. The number of carbonyl (C=O) groups is 2. The fraction of sp³-hybridized carbons (Fsp3) is 0.391. The van der Waals surface area contributed by atoms with Gasteiger partial charge in [-0.25, -0.2) is 0 Å². The van der Waals surface area contributed by atoms with E-state index in [1.54, 1.807) is 36.1 Å². The molecule has 0 radical (unpaired) electrons. The highest BCUT2D eigenvalue weighted by atomic mass is 35.5. The fourth-order valence-electron chi connectivity index (χ4n) is 2.86. The largest absolute Gasteiger partial charge is 0.350 e. The summed E-state index contributed by atoms with van der Waals surface area (Å²) in [6, 6.07) is 12.0. The fourth-order valence-corrected chi connectivity index (χ4v) is 4.70. The summed E-state index contributed by atoms with van der Waals surface area (Å²) >= 11 is 20.2. The van der Waals surface area contributed by atoms with Gasteiger partial charge in [0.05, 0.1) is 5.75 Å². The predicted molar refractivity (Wildman–Crippen MR) is 132 cm³/mol. The topological polar surface area (TPSA) is 49.4 Å². The van der Waals surface area contributed by atoms with E-state index in [1.807, 2.05) is 39.0 Å². The highest BCUT2D eigenvalue weighted by molar-refractivity contribution is 7.99. The summed E-state index contributed by atoms with van der Waals surface area (Å²) < 4.78 is 0. The van der Waals surface area contributed by atoms with Gasteiger partial charge in [-0.05, 0) is 57.0 Å². The van der Waals surface area contributed by atoms with Crippen molar-refractivity contribution in [3.8, 4) is 0 Å². The van der Waals surface area contributed by atoms with Gasteiger partial charge in [0.15, 0.2) is 0 Å². The van der Waals surface area contributed by atoms with Crippen molar-refractivity contribution in [2.45, 2.75) is 51.6 Å². The minimum absolute atomic E-state index is 0.162. The average Bonchev–Trinajstić information content (AvgIpc) is 2.67. The molecule has 0 aliphatic rings. The Morgan fingerprint density at radius 2 is 1.58 bits per heavy atom. The summed E-state index contributed by atoms with van der Waals surface area (Å²) in [7, 11) is 0. The van der Waals surface area contributed by atoms with Crippen molar-refractivity contribution in [2.24, 2.45) is 0 Å². The summed E-state index contributed by atoms with van der Waals surface area (Å²) in [5, 5.41) is 4.63. The van der Waals surface area contributed by atoms with Crippen LogP contribution in [-0.4, -0.2) is 34.0 Å². The first-order valence-corrected chi connectivity index (χ1v) is 12.1. The smallest absolute Gasteiger partial charge is 0.242 e. The zero-order chi connectivity index (χ0) is 23.2. The third kappa shape index (κ3) is 7.90. The van der Waals surface area contributed by atoms with Crippen molar-refractivity contribution in [1.82, 2.24) is 10.2 Å². The van der Waals surface area contributed by atoms with E-state index >= 15 is 0 Å². The predicted octanol–water partition coefficient (Wildman–Crippen LogP) is 6.21. The number of nitrogens with one attached hydrogen (secondary N) is 1. The molecule has 0 heterocycles. The lowest BCUT2D eigenvalue weighted by Crippen LogP contribution is -2.52. The molecule has 4 nitrogen and oxygen atoms in total. The monoisotopic (exact) mass is 500 g/mol. The Morgan fingerprint density at radius 3 is 2.16 bits per heavy atom.